The Balaban J connectivity index is 1.95. The number of hydrogen-bond acceptors (Lipinski definition) is 4. The number of sulfonamides is 1. The van der Waals surface area contributed by atoms with Crippen LogP contribution < -0.4 is 0 Å². The van der Waals surface area contributed by atoms with Crippen LogP contribution in [0.2, 0.25) is 0 Å². The average Bonchev–Trinajstić information content (AvgIpc) is 3.03. The summed E-state index contributed by atoms with van der Waals surface area (Å²) in [7, 11) is -3.57. The maximum Gasteiger partial charge on any atom is 0.335 e. The molecule has 2 aromatic rings. The van der Waals surface area contributed by atoms with E-state index in [4.69, 9.17) is 5.11 Å². The van der Waals surface area contributed by atoms with Gasteiger partial charge in [0, 0.05) is 17.6 Å². The minimum Gasteiger partial charge on any atom is -0.478 e. The van der Waals surface area contributed by atoms with E-state index >= 15 is 0 Å². The number of thiophene rings is 1. The summed E-state index contributed by atoms with van der Waals surface area (Å²) in [6, 6.07) is 6.41. The van der Waals surface area contributed by atoms with Crippen molar-refractivity contribution in [3.05, 3.63) is 50.8 Å². The quantitative estimate of drug-likeness (QED) is 0.878. The highest BCUT2D eigenvalue weighted by Crippen LogP contribution is 2.35. The fourth-order valence-electron chi connectivity index (χ4n) is 2.25. The molecule has 3 rings (SSSR count). The first kappa shape index (κ1) is 14.7. The average molecular weight is 388 g/mol. The minimum absolute atomic E-state index is 0.172. The SMILES string of the molecule is O=C(O)c1ccc2c(c1)CN(S(=O)(=O)c1sccc1Br)C2. The van der Waals surface area contributed by atoms with Gasteiger partial charge >= 0.3 is 5.97 Å². The number of aromatic carboxylic acids is 1. The number of carboxylic acids is 1. The van der Waals surface area contributed by atoms with Crippen molar-refractivity contribution in [3.8, 4) is 0 Å². The number of fused-ring (bicyclic) bond motifs is 1. The fraction of sp³-hybridized carbons (Fsp3) is 0.154. The number of hydrogen-bond donors (Lipinski definition) is 1. The van der Waals surface area contributed by atoms with Gasteiger partial charge < -0.3 is 5.11 Å². The number of benzene rings is 1. The molecule has 1 aromatic carbocycles. The Hall–Kier alpha value is -1.22. The smallest absolute Gasteiger partial charge is 0.335 e. The van der Waals surface area contributed by atoms with Crippen LogP contribution in [0.25, 0.3) is 0 Å². The molecule has 0 saturated heterocycles. The molecule has 0 bridgehead atoms. The summed E-state index contributed by atoms with van der Waals surface area (Å²) in [4.78, 5) is 11.0. The lowest BCUT2D eigenvalue weighted by atomic mass is 10.1. The molecule has 1 N–H and O–H groups in total. The second-order valence-electron chi connectivity index (χ2n) is 4.62. The van der Waals surface area contributed by atoms with Crippen LogP contribution >= 0.6 is 27.3 Å². The van der Waals surface area contributed by atoms with Gasteiger partial charge in [-0.15, -0.1) is 11.3 Å². The van der Waals surface area contributed by atoms with Gasteiger partial charge in [-0.3, -0.25) is 0 Å². The summed E-state index contributed by atoms with van der Waals surface area (Å²) in [5.41, 5.74) is 1.76. The normalized spacial score (nSPS) is 15.1. The van der Waals surface area contributed by atoms with Crippen LogP contribution in [0.3, 0.4) is 0 Å². The van der Waals surface area contributed by atoms with Crippen LogP contribution in [0.1, 0.15) is 21.5 Å². The fourth-order valence-corrected chi connectivity index (χ4v) is 6.09. The number of carbonyl (C=O) groups is 1. The summed E-state index contributed by atoms with van der Waals surface area (Å²) in [6.45, 7) is 0.463. The molecule has 2 heterocycles. The molecule has 0 spiro atoms. The highest BCUT2D eigenvalue weighted by molar-refractivity contribution is 9.10. The lowest BCUT2D eigenvalue weighted by Crippen LogP contribution is -2.25. The Morgan fingerprint density at radius 3 is 2.57 bits per heavy atom. The van der Waals surface area contributed by atoms with Crippen LogP contribution in [0.5, 0.6) is 0 Å². The maximum absolute atomic E-state index is 12.6. The lowest BCUT2D eigenvalue weighted by Gasteiger charge is -2.14. The third-order valence-electron chi connectivity index (χ3n) is 3.31. The van der Waals surface area contributed by atoms with Crippen molar-refractivity contribution >= 4 is 43.3 Å². The highest BCUT2D eigenvalue weighted by atomic mass is 79.9. The molecule has 0 amide bonds. The van der Waals surface area contributed by atoms with Crippen molar-refractivity contribution in [2.75, 3.05) is 0 Å². The molecule has 1 aliphatic rings. The monoisotopic (exact) mass is 387 g/mol. The molecule has 110 valence electrons. The molecular formula is C13H10BrNO4S2. The Bertz CT molecular complexity index is 828. The summed E-state index contributed by atoms with van der Waals surface area (Å²) in [5, 5.41) is 10.7. The first-order valence-electron chi connectivity index (χ1n) is 5.98. The van der Waals surface area contributed by atoms with Crippen LogP contribution in [0, 0.1) is 0 Å². The summed E-state index contributed by atoms with van der Waals surface area (Å²) in [5.74, 6) is -1.01. The minimum atomic E-state index is -3.57. The summed E-state index contributed by atoms with van der Waals surface area (Å²) >= 11 is 4.40. The van der Waals surface area contributed by atoms with Gasteiger partial charge in [-0.05, 0) is 50.6 Å². The molecule has 0 fully saturated rings. The summed E-state index contributed by atoms with van der Waals surface area (Å²) in [6.07, 6.45) is 0. The largest absolute Gasteiger partial charge is 0.478 e. The number of carboxylic acid groups (broad SMARTS) is 1. The van der Waals surface area contributed by atoms with Crippen molar-refractivity contribution in [2.45, 2.75) is 17.3 Å². The Labute approximate surface area is 134 Å². The van der Waals surface area contributed by atoms with Gasteiger partial charge in [-0.1, -0.05) is 6.07 Å². The molecule has 21 heavy (non-hydrogen) atoms. The van der Waals surface area contributed by atoms with Gasteiger partial charge in [0.25, 0.3) is 10.0 Å². The standard InChI is InChI=1S/C13H10BrNO4S2/c14-11-3-4-20-13(11)21(18,19)15-6-9-2-1-8(12(16)17)5-10(9)7-15/h1-5H,6-7H2,(H,16,17). The van der Waals surface area contributed by atoms with Crippen molar-refractivity contribution in [2.24, 2.45) is 0 Å². The first-order valence-corrected chi connectivity index (χ1v) is 9.09. The van der Waals surface area contributed by atoms with E-state index in [1.165, 1.54) is 16.4 Å². The molecule has 0 atom stereocenters. The van der Waals surface area contributed by atoms with Crippen LogP contribution in [0.15, 0.2) is 38.3 Å². The molecule has 0 unspecified atom stereocenters. The molecule has 0 saturated carbocycles. The molecule has 1 aromatic heterocycles. The van der Waals surface area contributed by atoms with E-state index in [0.717, 1.165) is 22.5 Å². The van der Waals surface area contributed by atoms with Crippen LogP contribution in [-0.4, -0.2) is 23.8 Å². The van der Waals surface area contributed by atoms with E-state index in [1.54, 1.807) is 17.5 Å². The zero-order valence-electron chi connectivity index (χ0n) is 10.6. The lowest BCUT2D eigenvalue weighted by molar-refractivity contribution is 0.0696. The van der Waals surface area contributed by atoms with Gasteiger partial charge in [0.15, 0.2) is 0 Å². The van der Waals surface area contributed by atoms with Gasteiger partial charge in [-0.25, -0.2) is 13.2 Å². The first-order chi connectivity index (χ1) is 9.89. The molecular weight excluding hydrogens is 378 g/mol. The number of halogens is 1. The van der Waals surface area contributed by atoms with Gasteiger partial charge in [0.1, 0.15) is 4.21 Å². The van der Waals surface area contributed by atoms with Crippen molar-refractivity contribution in [1.82, 2.24) is 4.31 Å². The molecule has 0 radical (unpaired) electrons. The zero-order chi connectivity index (χ0) is 15.2. The number of rotatable bonds is 3. The predicted molar refractivity (Wildman–Crippen MR) is 81.9 cm³/mol. The Morgan fingerprint density at radius 2 is 1.95 bits per heavy atom. The molecule has 0 aliphatic carbocycles. The van der Waals surface area contributed by atoms with Gasteiger partial charge in [0.2, 0.25) is 0 Å². The molecule has 5 nitrogen and oxygen atoms in total. The van der Waals surface area contributed by atoms with E-state index in [9.17, 15) is 13.2 Å². The van der Waals surface area contributed by atoms with Crippen LogP contribution in [-0.2, 0) is 23.1 Å². The summed E-state index contributed by atoms with van der Waals surface area (Å²) < 4.78 is 27.4. The molecule has 1 aliphatic heterocycles. The number of nitrogens with zero attached hydrogens (tertiary/aromatic N) is 1. The highest BCUT2D eigenvalue weighted by Gasteiger charge is 2.33. The van der Waals surface area contributed by atoms with E-state index in [2.05, 4.69) is 15.9 Å². The van der Waals surface area contributed by atoms with E-state index in [0.29, 0.717) is 4.47 Å². The van der Waals surface area contributed by atoms with Crippen molar-refractivity contribution in [1.29, 1.82) is 0 Å². The topological polar surface area (TPSA) is 74.7 Å². The van der Waals surface area contributed by atoms with Crippen molar-refractivity contribution < 1.29 is 18.3 Å². The van der Waals surface area contributed by atoms with E-state index < -0.39 is 16.0 Å². The van der Waals surface area contributed by atoms with Crippen molar-refractivity contribution in [3.63, 3.8) is 0 Å². The maximum atomic E-state index is 12.6. The van der Waals surface area contributed by atoms with Gasteiger partial charge in [0.05, 0.1) is 5.56 Å². The van der Waals surface area contributed by atoms with E-state index in [1.807, 2.05) is 0 Å². The second kappa shape index (κ2) is 5.20. The van der Waals surface area contributed by atoms with Gasteiger partial charge in [-0.2, -0.15) is 4.31 Å². The Morgan fingerprint density at radius 1 is 1.24 bits per heavy atom. The second-order valence-corrected chi connectivity index (χ2v) is 8.52. The zero-order valence-corrected chi connectivity index (χ0v) is 13.8. The Kier molecular flexibility index (Phi) is 3.64. The van der Waals surface area contributed by atoms with Crippen LogP contribution in [0.4, 0.5) is 0 Å². The third-order valence-corrected chi connectivity index (χ3v) is 7.74. The third kappa shape index (κ3) is 2.52. The molecule has 8 heteroatoms. The predicted octanol–water partition coefficient (Wildman–Crippen LogP) is 2.91. The van der Waals surface area contributed by atoms with E-state index in [-0.39, 0.29) is 22.9 Å².